The van der Waals surface area contributed by atoms with Crippen molar-refractivity contribution < 1.29 is 9.13 Å². The molecular formula is C14H15BrClFN2O. The van der Waals surface area contributed by atoms with Crippen molar-refractivity contribution in [3.63, 3.8) is 0 Å². The monoisotopic (exact) mass is 360 g/mol. The number of halogens is 3. The van der Waals surface area contributed by atoms with Crippen LogP contribution in [0.15, 0.2) is 16.6 Å². The lowest BCUT2D eigenvalue weighted by atomic mass is 9.88. The molecule has 108 valence electrons. The molecule has 0 bridgehead atoms. The molecule has 1 aliphatic rings. The zero-order valence-electron chi connectivity index (χ0n) is 11.1. The lowest BCUT2D eigenvalue weighted by Crippen LogP contribution is -2.34. The van der Waals surface area contributed by atoms with Crippen LogP contribution in [0.4, 0.5) is 4.39 Å². The van der Waals surface area contributed by atoms with E-state index in [1.165, 1.54) is 6.07 Å². The molecule has 1 aromatic heterocycles. The lowest BCUT2D eigenvalue weighted by Gasteiger charge is -2.36. The summed E-state index contributed by atoms with van der Waals surface area (Å²) in [5.74, 6) is 0.812. The van der Waals surface area contributed by atoms with E-state index in [4.69, 9.17) is 16.3 Å². The number of hydrogen-bond donors (Lipinski definition) is 0. The fourth-order valence-corrected chi connectivity index (χ4v) is 3.28. The Morgan fingerprint density at radius 1 is 1.50 bits per heavy atom. The third kappa shape index (κ3) is 2.36. The molecular weight excluding hydrogens is 347 g/mol. The highest BCUT2D eigenvalue weighted by Crippen LogP contribution is 2.38. The Bertz CT molecular complexity index is 640. The minimum absolute atomic E-state index is 0.302. The smallest absolute Gasteiger partial charge is 0.139 e. The molecule has 1 aromatic carbocycles. The van der Waals surface area contributed by atoms with E-state index >= 15 is 0 Å². The Hall–Kier alpha value is -0.650. The van der Waals surface area contributed by atoms with Crippen molar-refractivity contribution in [1.29, 1.82) is 0 Å². The van der Waals surface area contributed by atoms with Crippen LogP contribution in [-0.4, -0.2) is 22.3 Å². The molecule has 3 nitrogen and oxygen atoms in total. The molecule has 0 spiro atoms. The van der Waals surface area contributed by atoms with Crippen molar-refractivity contribution >= 4 is 38.6 Å². The minimum atomic E-state index is -0.302. The second kappa shape index (κ2) is 5.62. The number of hydrogen-bond acceptors (Lipinski definition) is 2. The molecule has 0 atom stereocenters. The molecule has 0 saturated heterocycles. The molecule has 1 aliphatic carbocycles. The zero-order valence-corrected chi connectivity index (χ0v) is 13.4. The largest absolute Gasteiger partial charge is 0.378 e. The fourth-order valence-electron chi connectivity index (χ4n) is 2.76. The molecule has 3 rings (SSSR count). The van der Waals surface area contributed by atoms with Crippen molar-refractivity contribution in [2.24, 2.45) is 0 Å². The summed E-state index contributed by atoms with van der Waals surface area (Å²) >= 11 is 9.22. The van der Waals surface area contributed by atoms with Crippen molar-refractivity contribution in [2.45, 2.75) is 37.8 Å². The van der Waals surface area contributed by atoms with Crippen LogP contribution in [-0.2, 0) is 10.6 Å². The van der Waals surface area contributed by atoms with Gasteiger partial charge in [-0.3, -0.25) is 0 Å². The van der Waals surface area contributed by atoms with Crippen LogP contribution in [0, 0.1) is 5.82 Å². The number of ether oxygens (including phenoxy) is 1. The van der Waals surface area contributed by atoms with Crippen LogP contribution in [0.2, 0.25) is 0 Å². The second-order valence-electron chi connectivity index (χ2n) is 4.99. The maximum Gasteiger partial charge on any atom is 0.139 e. The Morgan fingerprint density at radius 3 is 2.90 bits per heavy atom. The Kier molecular flexibility index (Phi) is 4.02. The quantitative estimate of drug-likeness (QED) is 0.754. The van der Waals surface area contributed by atoms with Crippen molar-refractivity contribution in [2.75, 3.05) is 6.61 Å². The molecule has 0 unspecified atom stereocenters. The van der Waals surface area contributed by atoms with Crippen LogP contribution < -0.4 is 0 Å². The van der Waals surface area contributed by atoms with Gasteiger partial charge in [-0.2, -0.15) is 0 Å². The summed E-state index contributed by atoms with van der Waals surface area (Å²) in [6, 6.07) is 3.56. The first-order valence-electron chi connectivity index (χ1n) is 6.67. The molecule has 1 fully saturated rings. The Morgan fingerprint density at radius 2 is 2.25 bits per heavy atom. The average Bonchev–Trinajstić information content (AvgIpc) is 2.71. The first-order valence-corrected chi connectivity index (χ1v) is 8.00. The summed E-state index contributed by atoms with van der Waals surface area (Å²) in [6.45, 7) is 2.74. The van der Waals surface area contributed by atoms with Gasteiger partial charge in [0.05, 0.1) is 27.5 Å². The predicted molar refractivity (Wildman–Crippen MR) is 80.6 cm³/mol. The van der Waals surface area contributed by atoms with E-state index in [0.717, 1.165) is 30.8 Å². The van der Waals surface area contributed by atoms with Gasteiger partial charge >= 0.3 is 0 Å². The van der Waals surface area contributed by atoms with E-state index in [0.29, 0.717) is 28.0 Å². The summed E-state index contributed by atoms with van der Waals surface area (Å²) in [7, 11) is 0. The Balaban J connectivity index is 1.99. The van der Waals surface area contributed by atoms with Gasteiger partial charge in [-0.25, -0.2) is 9.37 Å². The Labute approximate surface area is 130 Å². The minimum Gasteiger partial charge on any atom is -0.378 e. The van der Waals surface area contributed by atoms with E-state index in [-0.39, 0.29) is 5.82 Å². The van der Waals surface area contributed by atoms with Gasteiger partial charge in [-0.15, -0.1) is 11.6 Å². The summed E-state index contributed by atoms with van der Waals surface area (Å²) in [4.78, 5) is 4.44. The highest BCUT2D eigenvalue weighted by Gasteiger charge is 2.33. The molecule has 1 saturated carbocycles. The van der Waals surface area contributed by atoms with Crippen LogP contribution in [0.25, 0.3) is 11.0 Å². The molecule has 0 amide bonds. The SMILES string of the molecule is CCOC1CC(n2c(CCl)nc3cc(F)c(Br)cc32)C1. The highest BCUT2D eigenvalue weighted by atomic mass is 79.9. The number of benzene rings is 1. The molecule has 2 aromatic rings. The molecule has 1 heterocycles. The standard InChI is InChI=1S/C14H15BrClFN2O/c1-2-20-9-3-8(4-9)19-13-5-10(15)11(17)6-12(13)18-14(19)7-16/h5-6,8-9H,2-4,7H2,1H3. The van der Waals surface area contributed by atoms with E-state index in [2.05, 4.69) is 25.5 Å². The van der Waals surface area contributed by atoms with Gasteiger partial charge in [-0.1, -0.05) is 0 Å². The number of nitrogens with zero attached hydrogens (tertiary/aromatic N) is 2. The first-order chi connectivity index (χ1) is 9.63. The first kappa shape index (κ1) is 14.3. The van der Waals surface area contributed by atoms with Crippen molar-refractivity contribution in [1.82, 2.24) is 9.55 Å². The van der Waals surface area contributed by atoms with Crippen LogP contribution in [0.5, 0.6) is 0 Å². The van der Waals surface area contributed by atoms with Gasteiger partial charge in [0.1, 0.15) is 11.6 Å². The molecule has 20 heavy (non-hydrogen) atoms. The third-order valence-electron chi connectivity index (χ3n) is 3.76. The fraction of sp³-hybridized carbons (Fsp3) is 0.500. The number of imidazole rings is 1. The third-order valence-corrected chi connectivity index (χ3v) is 4.61. The molecule has 0 N–H and O–H groups in total. The summed E-state index contributed by atoms with van der Waals surface area (Å²) < 4.78 is 21.8. The number of fused-ring (bicyclic) bond motifs is 1. The van der Waals surface area contributed by atoms with E-state index in [9.17, 15) is 4.39 Å². The van der Waals surface area contributed by atoms with Crippen molar-refractivity contribution in [3.05, 3.63) is 28.2 Å². The molecule has 0 radical (unpaired) electrons. The maximum absolute atomic E-state index is 13.6. The van der Waals surface area contributed by atoms with Crippen molar-refractivity contribution in [3.8, 4) is 0 Å². The maximum atomic E-state index is 13.6. The number of alkyl halides is 1. The normalized spacial score (nSPS) is 22.2. The average molecular weight is 362 g/mol. The predicted octanol–water partition coefficient (Wildman–Crippen LogP) is 4.42. The van der Waals surface area contributed by atoms with Gasteiger partial charge in [0.15, 0.2) is 0 Å². The van der Waals surface area contributed by atoms with E-state index in [1.807, 2.05) is 6.92 Å². The second-order valence-corrected chi connectivity index (χ2v) is 6.11. The zero-order chi connectivity index (χ0) is 14.3. The molecule has 0 aliphatic heterocycles. The van der Waals surface area contributed by atoms with Crippen LogP contribution >= 0.6 is 27.5 Å². The van der Waals surface area contributed by atoms with Crippen LogP contribution in [0.3, 0.4) is 0 Å². The van der Waals surface area contributed by atoms with Gasteiger partial charge in [0.2, 0.25) is 0 Å². The summed E-state index contributed by atoms with van der Waals surface area (Å²) in [5.41, 5.74) is 1.58. The lowest BCUT2D eigenvalue weighted by molar-refractivity contribution is -0.0192. The van der Waals surface area contributed by atoms with E-state index < -0.39 is 0 Å². The highest BCUT2D eigenvalue weighted by molar-refractivity contribution is 9.10. The van der Waals surface area contributed by atoms with Gasteiger partial charge in [0.25, 0.3) is 0 Å². The number of aromatic nitrogens is 2. The number of rotatable bonds is 4. The summed E-state index contributed by atoms with van der Waals surface area (Å²) in [5, 5.41) is 0. The van der Waals surface area contributed by atoms with Gasteiger partial charge < -0.3 is 9.30 Å². The van der Waals surface area contributed by atoms with Crippen LogP contribution in [0.1, 0.15) is 31.6 Å². The van der Waals surface area contributed by atoms with Gasteiger partial charge in [-0.05, 0) is 41.8 Å². The van der Waals surface area contributed by atoms with Gasteiger partial charge in [0, 0.05) is 18.7 Å². The topological polar surface area (TPSA) is 27.1 Å². The van der Waals surface area contributed by atoms with E-state index in [1.54, 1.807) is 6.07 Å². The summed E-state index contributed by atoms with van der Waals surface area (Å²) in [6.07, 6.45) is 2.23. The molecule has 6 heteroatoms.